The number of nitrogens with two attached hydrogens (primary N) is 1. The van der Waals surface area contributed by atoms with Gasteiger partial charge in [0.05, 0.1) is 11.1 Å². The lowest BCUT2D eigenvalue weighted by atomic mass is 10.1. The van der Waals surface area contributed by atoms with Gasteiger partial charge in [-0.3, -0.25) is 0 Å². The van der Waals surface area contributed by atoms with Gasteiger partial charge in [-0.1, -0.05) is 13.8 Å². The predicted octanol–water partition coefficient (Wildman–Crippen LogP) is 3.47. The summed E-state index contributed by atoms with van der Waals surface area (Å²) in [4.78, 5) is 0. The van der Waals surface area contributed by atoms with E-state index in [2.05, 4.69) is 29.8 Å². The Balaban J connectivity index is 2.20. The average molecular weight is 302 g/mol. The summed E-state index contributed by atoms with van der Waals surface area (Å²) in [5.41, 5.74) is 6.38. The topological polar surface area (TPSA) is 44.5 Å². The Morgan fingerprint density at radius 1 is 1.24 bits per heavy atom. The second-order valence-electron chi connectivity index (χ2n) is 4.33. The maximum absolute atomic E-state index is 5.68. The van der Waals surface area contributed by atoms with Gasteiger partial charge in [-0.05, 0) is 40.4 Å². The molecule has 2 N–H and O–H groups in total. The molecule has 0 saturated carbocycles. The van der Waals surface area contributed by atoms with E-state index in [0.29, 0.717) is 24.8 Å². The van der Waals surface area contributed by atoms with Crippen molar-refractivity contribution in [2.24, 2.45) is 5.92 Å². The van der Waals surface area contributed by atoms with Gasteiger partial charge in [0.2, 0.25) is 0 Å². The lowest BCUT2D eigenvalue weighted by Crippen LogP contribution is -2.09. The Kier molecular flexibility index (Phi) is 6.37. The highest BCUT2D eigenvalue weighted by Crippen LogP contribution is 2.26. The largest absolute Gasteiger partial charge is 0.490 e. The second kappa shape index (κ2) is 7.56. The van der Waals surface area contributed by atoms with E-state index in [-0.39, 0.29) is 0 Å². The number of rotatable bonds is 7. The Bertz CT molecular complexity index is 342. The molecule has 4 heteroatoms. The summed E-state index contributed by atoms with van der Waals surface area (Å²) >= 11 is 3.41. The fourth-order valence-electron chi connectivity index (χ4n) is 1.26. The summed E-state index contributed by atoms with van der Waals surface area (Å²) in [6, 6.07) is 5.51. The van der Waals surface area contributed by atoms with Crippen molar-refractivity contribution in [2.75, 3.05) is 25.6 Å². The van der Waals surface area contributed by atoms with Crippen LogP contribution in [0.15, 0.2) is 22.7 Å². The fraction of sp³-hybridized carbons (Fsp3) is 0.538. The summed E-state index contributed by atoms with van der Waals surface area (Å²) in [6.07, 6.45) is 1.09. The van der Waals surface area contributed by atoms with Crippen molar-refractivity contribution in [3.8, 4) is 5.75 Å². The zero-order valence-electron chi connectivity index (χ0n) is 10.4. The van der Waals surface area contributed by atoms with Crippen LogP contribution in [0.4, 0.5) is 5.69 Å². The maximum Gasteiger partial charge on any atom is 0.135 e. The number of hydrogen-bond acceptors (Lipinski definition) is 3. The number of anilines is 1. The van der Waals surface area contributed by atoms with Gasteiger partial charge in [-0.2, -0.15) is 0 Å². The highest BCUT2D eigenvalue weighted by Gasteiger charge is 2.01. The van der Waals surface area contributed by atoms with Crippen molar-refractivity contribution in [3.05, 3.63) is 22.7 Å². The molecule has 0 saturated heterocycles. The number of hydrogen-bond donors (Lipinski definition) is 1. The minimum Gasteiger partial charge on any atom is -0.490 e. The quantitative estimate of drug-likeness (QED) is 0.619. The first-order valence-corrected chi connectivity index (χ1v) is 6.64. The molecule has 0 unspecified atom stereocenters. The Morgan fingerprint density at radius 3 is 2.71 bits per heavy atom. The molecule has 1 aromatic rings. The van der Waals surface area contributed by atoms with E-state index in [1.54, 1.807) is 6.07 Å². The third-order valence-electron chi connectivity index (χ3n) is 2.28. The summed E-state index contributed by atoms with van der Waals surface area (Å²) in [5, 5.41) is 0. The number of halogens is 1. The van der Waals surface area contributed by atoms with E-state index in [4.69, 9.17) is 15.2 Å². The van der Waals surface area contributed by atoms with Gasteiger partial charge in [0.25, 0.3) is 0 Å². The first-order chi connectivity index (χ1) is 8.09. The number of benzene rings is 1. The first-order valence-electron chi connectivity index (χ1n) is 5.85. The van der Waals surface area contributed by atoms with Crippen LogP contribution >= 0.6 is 15.9 Å². The Hall–Kier alpha value is -0.740. The van der Waals surface area contributed by atoms with Crippen molar-refractivity contribution in [2.45, 2.75) is 20.3 Å². The maximum atomic E-state index is 5.68. The van der Waals surface area contributed by atoms with Gasteiger partial charge >= 0.3 is 0 Å². The van der Waals surface area contributed by atoms with E-state index in [0.717, 1.165) is 23.2 Å². The van der Waals surface area contributed by atoms with Gasteiger partial charge in [0, 0.05) is 18.4 Å². The highest BCUT2D eigenvalue weighted by atomic mass is 79.9. The van der Waals surface area contributed by atoms with Gasteiger partial charge in [-0.25, -0.2) is 0 Å². The van der Waals surface area contributed by atoms with Crippen LogP contribution in [0.2, 0.25) is 0 Å². The summed E-state index contributed by atoms with van der Waals surface area (Å²) < 4.78 is 11.9. The van der Waals surface area contributed by atoms with Crippen molar-refractivity contribution < 1.29 is 9.47 Å². The van der Waals surface area contributed by atoms with Crippen molar-refractivity contribution in [3.63, 3.8) is 0 Å². The molecule has 0 fully saturated rings. The van der Waals surface area contributed by atoms with E-state index in [1.165, 1.54) is 0 Å². The highest BCUT2D eigenvalue weighted by molar-refractivity contribution is 9.10. The molecule has 0 aromatic heterocycles. The molecule has 0 atom stereocenters. The Labute approximate surface area is 111 Å². The van der Waals surface area contributed by atoms with Gasteiger partial charge in [-0.15, -0.1) is 0 Å². The van der Waals surface area contributed by atoms with Crippen molar-refractivity contribution >= 4 is 21.6 Å². The normalized spacial score (nSPS) is 10.8. The van der Waals surface area contributed by atoms with Crippen LogP contribution in [0.25, 0.3) is 0 Å². The molecule has 0 radical (unpaired) electrons. The van der Waals surface area contributed by atoms with Crippen LogP contribution < -0.4 is 10.5 Å². The van der Waals surface area contributed by atoms with Crippen LogP contribution in [0.1, 0.15) is 20.3 Å². The van der Waals surface area contributed by atoms with Crippen LogP contribution in [0, 0.1) is 5.92 Å². The lowest BCUT2D eigenvalue weighted by molar-refractivity contribution is 0.0924. The second-order valence-corrected chi connectivity index (χ2v) is 5.19. The van der Waals surface area contributed by atoms with Crippen molar-refractivity contribution in [1.29, 1.82) is 0 Å². The number of ether oxygens (including phenoxy) is 2. The molecule has 3 nitrogen and oxygen atoms in total. The summed E-state index contributed by atoms with van der Waals surface area (Å²) in [7, 11) is 0. The SMILES string of the molecule is CC(C)CCOCCOc1cc(N)ccc1Br. The molecule has 0 aliphatic heterocycles. The molecule has 1 aromatic carbocycles. The molecule has 0 spiro atoms. The molecule has 0 amide bonds. The van der Waals surface area contributed by atoms with Crippen LogP contribution in [-0.2, 0) is 4.74 Å². The van der Waals surface area contributed by atoms with Crippen LogP contribution in [0.3, 0.4) is 0 Å². The average Bonchev–Trinajstić information content (AvgIpc) is 2.27. The molecule has 17 heavy (non-hydrogen) atoms. The third kappa shape index (κ3) is 5.94. The third-order valence-corrected chi connectivity index (χ3v) is 2.94. The smallest absolute Gasteiger partial charge is 0.135 e. The van der Waals surface area contributed by atoms with E-state index in [1.807, 2.05) is 12.1 Å². The standard InChI is InChI=1S/C13H20BrNO2/c1-10(2)5-6-16-7-8-17-13-9-11(15)3-4-12(13)14/h3-4,9-10H,5-8,15H2,1-2H3. The lowest BCUT2D eigenvalue weighted by Gasteiger charge is -2.10. The molecule has 0 aliphatic rings. The minimum atomic E-state index is 0.542. The molecule has 1 rings (SSSR count). The zero-order chi connectivity index (χ0) is 12.7. The van der Waals surface area contributed by atoms with E-state index < -0.39 is 0 Å². The van der Waals surface area contributed by atoms with Crippen LogP contribution in [-0.4, -0.2) is 19.8 Å². The molecule has 96 valence electrons. The van der Waals surface area contributed by atoms with E-state index in [9.17, 15) is 0 Å². The zero-order valence-corrected chi connectivity index (χ0v) is 12.0. The fourth-order valence-corrected chi connectivity index (χ4v) is 1.62. The molecule has 0 heterocycles. The van der Waals surface area contributed by atoms with E-state index >= 15 is 0 Å². The molecule has 0 bridgehead atoms. The predicted molar refractivity (Wildman–Crippen MR) is 74.3 cm³/mol. The van der Waals surface area contributed by atoms with Gasteiger partial charge in [0.1, 0.15) is 12.4 Å². The first kappa shape index (κ1) is 14.3. The minimum absolute atomic E-state index is 0.542. The Morgan fingerprint density at radius 2 is 2.00 bits per heavy atom. The van der Waals surface area contributed by atoms with Crippen molar-refractivity contribution in [1.82, 2.24) is 0 Å². The summed E-state index contributed by atoms with van der Waals surface area (Å²) in [6.45, 7) is 6.31. The van der Waals surface area contributed by atoms with Gasteiger partial charge < -0.3 is 15.2 Å². The van der Waals surface area contributed by atoms with Crippen LogP contribution in [0.5, 0.6) is 5.75 Å². The molecular formula is C13H20BrNO2. The molecular weight excluding hydrogens is 282 g/mol. The van der Waals surface area contributed by atoms with Gasteiger partial charge in [0.15, 0.2) is 0 Å². The number of nitrogen functional groups attached to an aromatic ring is 1. The monoisotopic (exact) mass is 301 g/mol. The summed E-state index contributed by atoms with van der Waals surface area (Å²) in [5.74, 6) is 1.44. The molecule has 0 aliphatic carbocycles.